The second-order valence-electron chi connectivity index (χ2n) is 5.63. The Balaban J connectivity index is 2.55. The molecule has 4 heteroatoms. The van der Waals surface area contributed by atoms with Gasteiger partial charge >= 0.3 is 6.09 Å². The van der Waals surface area contributed by atoms with Gasteiger partial charge in [-0.2, -0.15) is 0 Å². The lowest BCUT2D eigenvalue weighted by molar-refractivity contribution is 0.0146. The summed E-state index contributed by atoms with van der Waals surface area (Å²) in [7, 11) is 1.82. The molecule has 1 heterocycles. The Bertz CT molecular complexity index is 248. The highest BCUT2D eigenvalue weighted by Gasteiger charge is 2.30. The van der Waals surface area contributed by atoms with E-state index < -0.39 is 5.60 Å². The van der Waals surface area contributed by atoms with Crippen molar-refractivity contribution in [3.63, 3.8) is 0 Å². The fourth-order valence-corrected chi connectivity index (χ4v) is 1.96. The molecular formula is C12H24N2O2. The second kappa shape index (κ2) is 5.04. The molecule has 1 aliphatic heterocycles. The molecule has 0 saturated carbocycles. The Morgan fingerprint density at radius 1 is 1.44 bits per heavy atom. The summed E-state index contributed by atoms with van der Waals surface area (Å²) in [5, 5.41) is 3.31. The molecule has 4 nitrogen and oxygen atoms in total. The van der Waals surface area contributed by atoms with Crippen LogP contribution >= 0.6 is 0 Å². The van der Waals surface area contributed by atoms with Crippen molar-refractivity contribution in [1.29, 1.82) is 0 Å². The first-order chi connectivity index (χ1) is 7.31. The van der Waals surface area contributed by atoms with Crippen LogP contribution in [0.4, 0.5) is 4.79 Å². The largest absolute Gasteiger partial charge is 0.444 e. The van der Waals surface area contributed by atoms with Crippen LogP contribution < -0.4 is 5.32 Å². The van der Waals surface area contributed by atoms with Crippen LogP contribution in [0, 0.1) is 5.92 Å². The number of amides is 1. The van der Waals surface area contributed by atoms with E-state index in [2.05, 4.69) is 12.2 Å². The average Bonchev–Trinajstić information content (AvgIpc) is 2.15. The zero-order valence-electron chi connectivity index (χ0n) is 11.0. The van der Waals surface area contributed by atoms with Crippen molar-refractivity contribution in [2.24, 2.45) is 5.92 Å². The number of ether oxygens (including phenoxy) is 1. The van der Waals surface area contributed by atoms with Gasteiger partial charge in [0, 0.05) is 19.6 Å². The summed E-state index contributed by atoms with van der Waals surface area (Å²) in [5.41, 5.74) is -0.420. The summed E-state index contributed by atoms with van der Waals surface area (Å²) in [4.78, 5) is 13.6. The molecule has 0 bridgehead atoms. The number of carbonyl (C=O) groups excluding carboxylic acids is 1. The molecule has 0 aromatic heterocycles. The number of piperidine rings is 1. The van der Waals surface area contributed by atoms with Gasteiger partial charge in [-0.15, -0.1) is 0 Å². The zero-order chi connectivity index (χ0) is 12.3. The van der Waals surface area contributed by atoms with Crippen LogP contribution in [0.25, 0.3) is 0 Å². The fraction of sp³-hybridized carbons (Fsp3) is 0.917. The lowest BCUT2D eigenvalue weighted by Crippen LogP contribution is -2.52. The van der Waals surface area contributed by atoms with Crippen molar-refractivity contribution in [3.05, 3.63) is 0 Å². The van der Waals surface area contributed by atoms with Crippen LogP contribution in [0.15, 0.2) is 0 Å². The molecule has 1 saturated heterocycles. The van der Waals surface area contributed by atoms with Gasteiger partial charge in [-0.05, 0) is 39.7 Å². The van der Waals surface area contributed by atoms with Gasteiger partial charge in [0.1, 0.15) is 5.60 Å². The minimum absolute atomic E-state index is 0.229. The maximum atomic E-state index is 11.9. The van der Waals surface area contributed by atoms with E-state index in [1.807, 2.05) is 27.8 Å². The van der Waals surface area contributed by atoms with Gasteiger partial charge in [-0.3, -0.25) is 0 Å². The lowest BCUT2D eigenvalue weighted by Gasteiger charge is -2.37. The number of hydrogen-bond acceptors (Lipinski definition) is 3. The number of nitrogens with zero attached hydrogens (tertiary/aromatic N) is 1. The quantitative estimate of drug-likeness (QED) is 0.744. The van der Waals surface area contributed by atoms with Gasteiger partial charge in [-0.25, -0.2) is 4.79 Å². The summed E-state index contributed by atoms with van der Waals surface area (Å²) >= 11 is 0. The third-order valence-corrected chi connectivity index (χ3v) is 2.97. The molecule has 1 aliphatic rings. The van der Waals surface area contributed by atoms with Crippen LogP contribution in [0.3, 0.4) is 0 Å². The van der Waals surface area contributed by atoms with E-state index in [1.165, 1.54) is 0 Å². The van der Waals surface area contributed by atoms with Crippen LogP contribution in [0.2, 0.25) is 0 Å². The van der Waals surface area contributed by atoms with Crippen LogP contribution in [0.5, 0.6) is 0 Å². The minimum Gasteiger partial charge on any atom is -0.444 e. The van der Waals surface area contributed by atoms with E-state index in [9.17, 15) is 4.79 Å². The molecule has 1 N–H and O–H groups in total. The first-order valence-corrected chi connectivity index (χ1v) is 5.98. The number of nitrogens with one attached hydrogen (secondary N) is 1. The van der Waals surface area contributed by atoms with Gasteiger partial charge in [-0.1, -0.05) is 6.92 Å². The van der Waals surface area contributed by atoms with Gasteiger partial charge < -0.3 is 15.0 Å². The van der Waals surface area contributed by atoms with Crippen LogP contribution in [-0.2, 0) is 4.74 Å². The van der Waals surface area contributed by atoms with Crippen molar-refractivity contribution in [2.45, 2.75) is 45.8 Å². The smallest absolute Gasteiger partial charge is 0.410 e. The Labute approximate surface area is 98.3 Å². The Kier molecular flexibility index (Phi) is 4.19. The summed E-state index contributed by atoms with van der Waals surface area (Å²) in [6.07, 6.45) is 0.880. The zero-order valence-corrected chi connectivity index (χ0v) is 11.0. The molecule has 0 spiro atoms. The Hall–Kier alpha value is -0.770. The predicted octanol–water partition coefficient (Wildman–Crippen LogP) is 1.85. The van der Waals surface area contributed by atoms with Crippen LogP contribution in [-0.4, -0.2) is 42.8 Å². The van der Waals surface area contributed by atoms with Crippen molar-refractivity contribution >= 4 is 6.09 Å². The standard InChI is InChI=1S/C12H24N2O2/c1-9-6-7-13-8-10(9)14(5)11(15)16-12(2,3)4/h9-10,13H,6-8H2,1-5H3/t9-,10-/m1/s1. The highest BCUT2D eigenvalue weighted by molar-refractivity contribution is 5.68. The van der Waals surface area contributed by atoms with Gasteiger partial charge in [0.15, 0.2) is 0 Å². The van der Waals surface area contributed by atoms with Crippen molar-refractivity contribution in [1.82, 2.24) is 10.2 Å². The third kappa shape index (κ3) is 3.67. The fourth-order valence-electron chi connectivity index (χ4n) is 1.96. The summed E-state index contributed by atoms with van der Waals surface area (Å²) < 4.78 is 5.36. The predicted molar refractivity (Wildman–Crippen MR) is 64.4 cm³/mol. The van der Waals surface area contributed by atoms with Crippen molar-refractivity contribution in [2.75, 3.05) is 20.1 Å². The van der Waals surface area contributed by atoms with E-state index in [0.29, 0.717) is 5.92 Å². The molecule has 1 fully saturated rings. The topological polar surface area (TPSA) is 41.6 Å². The molecule has 0 aliphatic carbocycles. The lowest BCUT2D eigenvalue weighted by atomic mass is 9.94. The molecule has 0 aromatic rings. The monoisotopic (exact) mass is 228 g/mol. The maximum absolute atomic E-state index is 11.9. The number of carbonyl (C=O) groups is 1. The first-order valence-electron chi connectivity index (χ1n) is 5.98. The average molecular weight is 228 g/mol. The SMILES string of the molecule is C[C@@H]1CCNC[C@H]1N(C)C(=O)OC(C)(C)C. The van der Waals surface area contributed by atoms with E-state index in [0.717, 1.165) is 19.5 Å². The molecule has 1 rings (SSSR count). The summed E-state index contributed by atoms with van der Waals surface area (Å²) in [6.45, 7) is 9.76. The molecule has 2 atom stereocenters. The third-order valence-electron chi connectivity index (χ3n) is 2.97. The molecule has 0 radical (unpaired) electrons. The first kappa shape index (κ1) is 13.3. The number of likely N-dealkylation sites (N-methyl/N-ethyl adjacent to an activating group) is 1. The molecular weight excluding hydrogens is 204 g/mol. The molecule has 16 heavy (non-hydrogen) atoms. The molecule has 0 unspecified atom stereocenters. The number of hydrogen-bond donors (Lipinski definition) is 1. The van der Waals surface area contributed by atoms with Crippen molar-refractivity contribution < 1.29 is 9.53 Å². The summed E-state index contributed by atoms with van der Waals surface area (Å²) in [6, 6.07) is 0.239. The van der Waals surface area contributed by atoms with Gasteiger partial charge in [0.2, 0.25) is 0 Å². The normalized spacial score (nSPS) is 26.3. The molecule has 94 valence electrons. The minimum atomic E-state index is -0.420. The summed E-state index contributed by atoms with van der Waals surface area (Å²) in [5.74, 6) is 0.527. The highest BCUT2D eigenvalue weighted by Crippen LogP contribution is 2.18. The molecule has 1 amide bonds. The van der Waals surface area contributed by atoms with E-state index in [4.69, 9.17) is 4.74 Å². The van der Waals surface area contributed by atoms with E-state index in [1.54, 1.807) is 4.90 Å². The number of rotatable bonds is 1. The second-order valence-corrected chi connectivity index (χ2v) is 5.63. The Morgan fingerprint density at radius 3 is 2.56 bits per heavy atom. The van der Waals surface area contributed by atoms with Gasteiger partial charge in [0.05, 0.1) is 0 Å². The maximum Gasteiger partial charge on any atom is 0.410 e. The highest BCUT2D eigenvalue weighted by atomic mass is 16.6. The van der Waals surface area contributed by atoms with Crippen molar-refractivity contribution in [3.8, 4) is 0 Å². The Morgan fingerprint density at radius 2 is 2.06 bits per heavy atom. The van der Waals surface area contributed by atoms with E-state index in [-0.39, 0.29) is 12.1 Å². The van der Waals surface area contributed by atoms with Gasteiger partial charge in [0.25, 0.3) is 0 Å². The van der Waals surface area contributed by atoms with E-state index >= 15 is 0 Å². The van der Waals surface area contributed by atoms with Crippen LogP contribution in [0.1, 0.15) is 34.1 Å². The molecule has 0 aromatic carbocycles.